The molecule has 0 N–H and O–H groups in total. The monoisotopic (exact) mass is 350 g/mol. The summed E-state index contributed by atoms with van der Waals surface area (Å²) in [5.41, 5.74) is 1.15. The molecule has 1 amide bonds. The topological polar surface area (TPSA) is 60.2 Å². The van der Waals surface area contributed by atoms with E-state index in [0.29, 0.717) is 12.4 Å². The van der Waals surface area contributed by atoms with E-state index in [2.05, 4.69) is 9.97 Å². The lowest BCUT2D eigenvalue weighted by atomic mass is 10.2. The Balaban J connectivity index is 1.84. The largest absolute Gasteiger partial charge is 0.444 e. The Labute approximate surface area is 146 Å². The third-order valence-corrected chi connectivity index (χ3v) is 4.34. The van der Waals surface area contributed by atoms with Gasteiger partial charge in [0.25, 0.3) is 0 Å². The summed E-state index contributed by atoms with van der Waals surface area (Å²) in [6.45, 7) is 7.00. The van der Waals surface area contributed by atoms with E-state index in [1.807, 2.05) is 42.4 Å². The Bertz CT molecular complexity index is 738. The summed E-state index contributed by atoms with van der Waals surface area (Å²) in [4.78, 5) is 23.2. The molecule has 0 aromatic carbocycles. The molecule has 7 heteroatoms. The van der Waals surface area contributed by atoms with Crippen molar-refractivity contribution >= 4 is 28.9 Å². The molecule has 3 heterocycles. The number of nitrogens with zero attached hydrogens (tertiary/aromatic N) is 4. The molecule has 24 heavy (non-hydrogen) atoms. The smallest absolute Gasteiger partial charge is 0.410 e. The highest BCUT2D eigenvalue weighted by Crippen LogP contribution is 2.24. The average Bonchev–Trinajstić information content (AvgIpc) is 3.11. The lowest BCUT2D eigenvalue weighted by molar-refractivity contribution is 0.0214. The van der Waals surface area contributed by atoms with Crippen LogP contribution in [0.4, 0.5) is 4.79 Å². The number of carbonyl (C=O) groups is 1. The SMILES string of the molecule is CC(C)(C)OC(=O)N1CCC[C@H]1Cn1c(CCl)nc2cccnc21. The minimum Gasteiger partial charge on any atom is -0.444 e. The second-order valence-electron chi connectivity index (χ2n) is 7.09. The molecule has 1 fully saturated rings. The van der Waals surface area contributed by atoms with Crippen LogP contribution < -0.4 is 0 Å². The Morgan fingerprint density at radius 2 is 2.25 bits per heavy atom. The zero-order valence-corrected chi connectivity index (χ0v) is 15.1. The van der Waals surface area contributed by atoms with Gasteiger partial charge in [0.1, 0.15) is 16.9 Å². The number of imidazole rings is 1. The molecule has 1 saturated heterocycles. The number of hydrogen-bond acceptors (Lipinski definition) is 4. The van der Waals surface area contributed by atoms with Crippen LogP contribution in [0.3, 0.4) is 0 Å². The van der Waals surface area contributed by atoms with E-state index in [9.17, 15) is 4.79 Å². The molecule has 0 bridgehead atoms. The molecule has 0 saturated carbocycles. The van der Waals surface area contributed by atoms with Gasteiger partial charge in [0.15, 0.2) is 5.65 Å². The molecule has 0 unspecified atom stereocenters. The van der Waals surface area contributed by atoms with E-state index in [0.717, 1.165) is 36.4 Å². The van der Waals surface area contributed by atoms with Crippen LogP contribution in [-0.2, 0) is 17.2 Å². The van der Waals surface area contributed by atoms with Crippen LogP contribution in [0, 0.1) is 0 Å². The van der Waals surface area contributed by atoms with Crippen molar-refractivity contribution in [1.82, 2.24) is 19.4 Å². The van der Waals surface area contributed by atoms with Gasteiger partial charge < -0.3 is 14.2 Å². The van der Waals surface area contributed by atoms with Gasteiger partial charge in [-0.15, -0.1) is 11.6 Å². The van der Waals surface area contributed by atoms with Crippen molar-refractivity contribution < 1.29 is 9.53 Å². The third kappa shape index (κ3) is 3.48. The maximum absolute atomic E-state index is 12.5. The molecule has 2 aromatic rings. The van der Waals surface area contributed by atoms with E-state index in [1.54, 1.807) is 6.20 Å². The Morgan fingerprint density at radius 1 is 1.46 bits per heavy atom. The summed E-state index contributed by atoms with van der Waals surface area (Å²) in [7, 11) is 0. The first-order chi connectivity index (χ1) is 11.4. The van der Waals surface area contributed by atoms with Crippen molar-refractivity contribution in [2.75, 3.05) is 6.54 Å². The molecule has 0 radical (unpaired) electrons. The van der Waals surface area contributed by atoms with Crippen molar-refractivity contribution in [2.45, 2.75) is 57.7 Å². The van der Waals surface area contributed by atoms with Crippen LogP contribution in [0.2, 0.25) is 0 Å². The van der Waals surface area contributed by atoms with E-state index < -0.39 is 5.60 Å². The Hall–Kier alpha value is -1.82. The fourth-order valence-corrected chi connectivity index (χ4v) is 3.30. The van der Waals surface area contributed by atoms with E-state index >= 15 is 0 Å². The van der Waals surface area contributed by atoms with Crippen molar-refractivity contribution in [3.8, 4) is 0 Å². The summed E-state index contributed by atoms with van der Waals surface area (Å²) in [6, 6.07) is 3.86. The standard InChI is InChI=1S/C17H23ClN4O2/c1-17(2,3)24-16(23)21-9-5-6-12(21)11-22-14(10-18)20-13-7-4-8-19-15(13)22/h4,7-8,12H,5-6,9-11H2,1-3H3/t12-/m0/s1. The number of rotatable bonds is 3. The maximum atomic E-state index is 12.5. The second kappa shape index (κ2) is 6.59. The summed E-state index contributed by atoms with van der Waals surface area (Å²) in [6.07, 6.45) is 3.40. The summed E-state index contributed by atoms with van der Waals surface area (Å²) < 4.78 is 7.56. The van der Waals surface area contributed by atoms with E-state index in [-0.39, 0.29) is 12.1 Å². The second-order valence-corrected chi connectivity index (χ2v) is 7.36. The third-order valence-electron chi connectivity index (χ3n) is 4.10. The predicted molar refractivity (Wildman–Crippen MR) is 93.0 cm³/mol. The van der Waals surface area contributed by atoms with Gasteiger partial charge >= 0.3 is 6.09 Å². The molecule has 1 atom stereocenters. The highest BCUT2D eigenvalue weighted by Gasteiger charge is 2.33. The van der Waals surface area contributed by atoms with Crippen LogP contribution in [0.5, 0.6) is 0 Å². The minimum atomic E-state index is -0.491. The number of likely N-dealkylation sites (tertiary alicyclic amines) is 1. The number of pyridine rings is 1. The summed E-state index contributed by atoms with van der Waals surface area (Å²) in [5, 5.41) is 0. The number of amides is 1. The maximum Gasteiger partial charge on any atom is 0.410 e. The number of fused-ring (bicyclic) bond motifs is 1. The van der Waals surface area contributed by atoms with Gasteiger partial charge in [-0.25, -0.2) is 14.8 Å². The molecule has 0 aliphatic carbocycles. The zero-order chi connectivity index (χ0) is 17.3. The van der Waals surface area contributed by atoms with Gasteiger partial charge in [0, 0.05) is 19.3 Å². The van der Waals surface area contributed by atoms with Crippen molar-refractivity contribution in [2.24, 2.45) is 0 Å². The van der Waals surface area contributed by atoms with E-state index in [1.165, 1.54) is 0 Å². The molecule has 1 aliphatic rings. The fraction of sp³-hybridized carbons (Fsp3) is 0.588. The van der Waals surface area contributed by atoms with Crippen molar-refractivity contribution in [3.63, 3.8) is 0 Å². The number of halogens is 1. The van der Waals surface area contributed by atoms with Crippen molar-refractivity contribution in [1.29, 1.82) is 0 Å². The predicted octanol–water partition coefficient (Wildman–Crippen LogP) is 3.57. The van der Waals surface area contributed by atoms with Crippen LogP contribution in [0.25, 0.3) is 11.2 Å². The normalized spacial score (nSPS) is 18.3. The number of carbonyl (C=O) groups excluding carboxylic acids is 1. The molecular weight excluding hydrogens is 328 g/mol. The molecule has 1 aliphatic heterocycles. The van der Waals surface area contributed by atoms with E-state index in [4.69, 9.17) is 16.3 Å². The first kappa shape index (κ1) is 17.0. The Morgan fingerprint density at radius 3 is 2.96 bits per heavy atom. The van der Waals surface area contributed by atoms with Crippen molar-refractivity contribution in [3.05, 3.63) is 24.2 Å². The van der Waals surface area contributed by atoms with Gasteiger partial charge in [-0.1, -0.05) is 0 Å². The van der Waals surface area contributed by atoms with Crippen LogP contribution in [0.1, 0.15) is 39.4 Å². The number of hydrogen-bond donors (Lipinski definition) is 0. The van der Waals surface area contributed by atoms with Crippen LogP contribution >= 0.6 is 11.6 Å². The number of ether oxygens (including phenoxy) is 1. The first-order valence-electron chi connectivity index (χ1n) is 8.25. The lowest BCUT2D eigenvalue weighted by Gasteiger charge is -2.29. The first-order valence-corrected chi connectivity index (χ1v) is 8.78. The average molecular weight is 351 g/mol. The minimum absolute atomic E-state index is 0.0706. The van der Waals surface area contributed by atoms with Gasteiger partial charge in [-0.05, 0) is 45.7 Å². The molecule has 2 aromatic heterocycles. The van der Waals surface area contributed by atoms with Gasteiger partial charge in [0.05, 0.1) is 11.9 Å². The lowest BCUT2D eigenvalue weighted by Crippen LogP contribution is -2.41. The molecule has 3 rings (SSSR count). The highest BCUT2D eigenvalue weighted by atomic mass is 35.5. The summed E-state index contributed by atoms with van der Waals surface area (Å²) in [5.74, 6) is 1.09. The number of alkyl halides is 1. The quantitative estimate of drug-likeness (QED) is 0.794. The molecule has 0 spiro atoms. The van der Waals surface area contributed by atoms with Gasteiger partial charge in [-0.3, -0.25) is 0 Å². The fourth-order valence-electron chi connectivity index (χ4n) is 3.10. The highest BCUT2D eigenvalue weighted by molar-refractivity contribution is 6.16. The van der Waals surface area contributed by atoms with Gasteiger partial charge in [-0.2, -0.15) is 0 Å². The molecule has 6 nitrogen and oxygen atoms in total. The molecule has 130 valence electrons. The number of aromatic nitrogens is 3. The zero-order valence-electron chi connectivity index (χ0n) is 14.3. The molecular formula is C17H23ClN4O2. The van der Waals surface area contributed by atoms with Crippen LogP contribution in [0.15, 0.2) is 18.3 Å². The summed E-state index contributed by atoms with van der Waals surface area (Å²) >= 11 is 6.06. The Kier molecular flexibility index (Phi) is 4.67. The van der Waals surface area contributed by atoms with Gasteiger partial charge in [0.2, 0.25) is 0 Å². The van der Waals surface area contributed by atoms with Crippen LogP contribution in [-0.4, -0.2) is 43.7 Å².